The van der Waals surface area contributed by atoms with Gasteiger partial charge < -0.3 is 15.4 Å². The molecule has 0 radical (unpaired) electrons. The minimum Gasteiger partial charge on any atom is -0.496 e. The number of methoxy groups -OCH3 is 1. The number of rotatable bonds is 7. The molecule has 0 aliphatic heterocycles. The van der Waals surface area contributed by atoms with Crippen molar-refractivity contribution in [1.29, 1.82) is 0 Å². The van der Waals surface area contributed by atoms with Gasteiger partial charge in [-0.3, -0.25) is 9.59 Å². The molecular formula is C15H17N3O3S2. The quantitative estimate of drug-likeness (QED) is 0.750. The van der Waals surface area contributed by atoms with Crippen LogP contribution in [0.15, 0.2) is 27.4 Å². The number of nitrogens with zero attached hydrogens (tertiary/aromatic N) is 1. The summed E-state index contributed by atoms with van der Waals surface area (Å²) in [4.78, 5) is 27.7. The monoisotopic (exact) mass is 351 g/mol. The number of nitrogens with one attached hydrogen (secondary N) is 2. The summed E-state index contributed by atoms with van der Waals surface area (Å²) < 4.78 is 6.23. The van der Waals surface area contributed by atoms with Crippen LogP contribution >= 0.6 is 23.1 Å². The smallest absolute Gasteiger partial charge is 0.255 e. The zero-order valence-corrected chi connectivity index (χ0v) is 14.6. The summed E-state index contributed by atoms with van der Waals surface area (Å²) in [6, 6.07) is 3.66. The average Bonchev–Trinajstić information content (AvgIpc) is 2.96. The highest BCUT2D eigenvalue weighted by Gasteiger charge is 2.16. The molecule has 2 rings (SSSR count). The summed E-state index contributed by atoms with van der Waals surface area (Å²) in [5.41, 5.74) is 1.50. The molecule has 122 valence electrons. The molecule has 0 saturated carbocycles. The van der Waals surface area contributed by atoms with E-state index < -0.39 is 0 Å². The predicted molar refractivity (Wildman–Crippen MR) is 91.7 cm³/mol. The molecule has 2 aromatic rings. The third kappa shape index (κ3) is 4.23. The Labute approximate surface area is 142 Å². The number of hydrogen-bond acceptors (Lipinski definition) is 6. The van der Waals surface area contributed by atoms with Gasteiger partial charge in [0.2, 0.25) is 6.41 Å². The molecule has 0 bridgehead atoms. The van der Waals surface area contributed by atoms with E-state index in [9.17, 15) is 9.59 Å². The number of ether oxygens (including phenoxy) is 1. The zero-order valence-electron chi connectivity index (χ0n) is 13.0. The van der Waals surface area contributed by atoms with Gasteiger partial charge in [-0.25, -0.2) is 4.98 Å². The van der Waals surface area contributed by atoms with Crippen LogP contribution in [0.5, 0.6) is 5.75 Å². The highest BCUT2D eigenvalue weighted by molar-refractivity contribution is 8.01. The lowest BCUT2D eigenvalue weighted by atomic mass is 10.1. The Balaban J connectivity index is 2.31. The fourth-order valence-electron chi connectivity index (χ4n) is 1.91. The van der Waals surface area contributed by atoms with Gasteiger partial charge in [0.15, 0.2) is 5.13 Å². The largest absolute Gasteiger partial charge is 0.496 e. The third-order valence-electron chi connectivity index (χ3n) is 2.96. The number of benzene rings is 1. The van der Waals surface area contributed by atoms with Gasteiger partial charge in [0, 0.05) is 11.4 Å². The highest BCUT2D eigenvalue weighted by atomic mass is 32.2. The first-order valence-corrected chi connectivity index (χ1v) is 8.53. The van der Waals surface area contributed by atoms with E-state index in [-0.39, 0.29) is 5.91 Å². The van der Waals surface area contributed by atoms with Crippen LogP contribution in [0.4, 0.5) is 5.13 Å². The van der Waals surface area contributed by atoms with E-state index in [1.807, 2.05) is 26.0 Å². The fourth-order valence-corrected chi connectivity index (χ4v) is 3.81. The lowest BCUT2D eigenvalue weighted by molar-refractivity contribution is -0.105. The second kappa shape index (κ2) is 7.98. The lowest BCUT2D eigenvalue weighted by Gasteiger charge is -2.12. The van der Waals surface area contributed by atoms with Crippen LogP contribution in [-0.4, -0.2) is 31.0 Å². The minimum absolute atomic E-state index is 0.168. The van der Waals surface area contributed by atoms with E-state index in [0.717, 1.165) is 14.7 Å². The predicted octanol–water partition coefficient (Wildman–Crippen LogP) is 2.93. The van der Waals surface area contributed by atoms with Crippen LogP contribution in [-0.2, 0) is 4.79 Å². The summed E-state index contributed by atoms with van der Waals surface area (Å²) in [7, 11) is 1.55. The maximum Gasteiger partial charge on any atom is 0.255 e. The molecule has 8 heteroatoms. The van der Waals surface area contributed by atoms with Crippen LogP contribution in [0.1, 0.15) is 22.8 Å². The van der Waals surface area contributed by atoms with Gasteiger partial charge >= 0.3 is 0 Å². The van der Waals surface area contributed by atoms with Crippen LogP contribution < -0.4 is 15.4 Å². The van der Waals surface area contributed by atoms with Crippen LogP contribution in [0.2, 0.25) is 0 Å². The van der Waals surface area contributed by atoms with Crippen molar-refractivity contribution in [2.75, 3.05) is 19.0 Å². The molecule has 0 fully saturated rings. The van der Waals surface area contributed by atoms with Crippen molar-refractivity contribution in [1.82, 2.24) is 10.3 Å². The van der Waals surface area contributed by atoms with Crippen LogP contribution in [0, 0.1) is 6.92 Å². The van der Waals surface area contributed by atoms with E-state index in [2.05, 4.69) is 15.6 Å². The van der Waals surface area contributed by atoms with Gasteiger partial charge in [-0.1, -0.05) is 23.1 Å². The average molecular weight is 351 g/mol. The summed E-state index contributed by atoms with van der Waals surface area (Å²) in [5.74, 6) is 0.379. The third-order valence-corrected chi connectivity index (χ3v) is 5.15. The summed E-state index contributed by atoms with van der Waals surface area (Å²) in [5, 5.41) is 5.84. The molecule has 0 aliphatic rings. The van der Waals surface area contributed by atoms with Gasteiger partial charge in [0.1, 0.15) is 5.75 Å². The SMILES string of the molecule is CCNC(=O)c1cc(Sc2cnc(NC=O)s2)c(C)cc1OC. The lowest BCUT2D eigenvalue weighted by Crippen LogP contribution is -2.23. The fraction of sp³-hybridized carbons (Fsp3) is 0.267. The van der Waals surface area contributed by atoms with Crippen molar-refractivity contribution in [3.63, 3.8) is 0 Å². The molecule has 1 aromatic carbocycles. The molecule has 0 aliphatic carbocycles. The Morgan fingerprint density at radius 2 is 2.26 bits per heavy atom. The standard InChI is InChI=1S/C15H17N3O3S2/c1-4-16-14(20)10-6-12(9(2)5-11(10)21-3)22-13-7-17-15(23-13)18-8-19/h5-8H,4H2,1-3H3,(H,16,20)(H,17,18,19). The van der Waals surface area contributed by atoms with E-state index >= 15 is 0 Å². The van der Waals surface area contributed by atoms with Crippen molar-refractivity contribution >= 4 is 40.5 Å². The van der Waals surface area contributed by atoms with Crippen molar-refractivity contribution in [2.24, 2.45) is 0 Å². The highest BCUT2D eigenvalue weighted by Crippen LogP contribution is 2.38. The topological polar surface area (TPSA) is 80.3 Å². The van der Waals surface area contributed by atoms with Crippen molar-refractivity contribution in [2.45, 2.75) is 23.0 Å². The van der Waals surface area contributed by atoms with Crippen LogP contribution in [0.25, 0.3) is 0 Å². The molecule has 6 nitrogen and oxygen atoms in total. The Kier molecular flexibility index (Phi) is 6.00. The molecule has 0 spiro atoms. The molecular weight excluding hydrogens is 334 g/mol. The van der Waals surface area contributed by atoms with Crippen molar-refractivity contribution < 1.29 is 14.3 Å². The number of thiazole rings is 1. The van der Waals surface area contributed by atoms with E-state index in [4.69, 9.17) is 4.74 Å². The molecule has 1 aromatic heterocycles. The molecule has 0 unspecified atom stereocenters. The van der Waals surface area contributed by atoms with Gasteiger partial charge in [0.25, 0.3) is 5.91 Å². The van der Waals surface area contributed by atoms with E-state index in [1.165, 1.54) is 23.1 Å². The molecule has 1 heterocycles. The summed E-state index contributed by atoms with van der Waals surface area (Å²) in [6.07, 6.45) is 2.29. The Hall–Kier alpha value is -2.06. The first kappa shape index (κ1) is 17.3. The maximum atomic E-state index is 12.2. The van der Waals surface area contributed by atoms with E-state index in [0.29, 0.717) is 29.4 Å². The first-order chi connectivity index (χ1) is 11.1. The molecule has 23 heavy (non-hydrogen) atoms. The Bertz CT molecular complexity index is 716. The molecule has 0 atom stereocenters. The number of carbonyl (C=O) groups is 2. The summed E-state index contributed by atoms with van der Waals surface area (Å²) >= 11 is 2.87. The number of aromatic nitrogens is 1. The van der Waals surface area contributed by atoms with Gasteiger partial charge in [0.05, 0.1) is 23.1 Å². The van der Waals surface area contributed by atoms with Gasteiger partial charge in [-0.15, -0.1) is 0 Å². The number of hydrogen-bond donors (Lipinski definition) is 2. The number of aryl methyl sites for hydroxylation is 1. The number of carbonyl (C=O) groups excluding carboxylic acids is 2. The number of amides is 2. The van der Waals surface area contributed by atoms with Crippen molar-refractivity contribution in [3.05, 3.63) is 29.5 Å². The minimum atomic E-state index is -0.168. The number of anilines is 1. The van der Waals surface area contributed by atoms with Gasteiger partial charge in [-0.05, 0) is 31.5 Å². The molecule has 2 N–H and O–H groups in total. The Morgan fingerprint density at radius 3 is 2.91 bits per heavy atom. The second-order valence-corrected chi connectivity index (χ2v) is 6.90. The van der Waals surface area contributed by atoms with Gasteiger partial charge in [-0.2, -0.15) is 0 Å². The normalized spacial score (nSPS) is 10.2. The van der Waals surface area contributed by atoms with E-state index in [1.54, 1.807) is 13.3 Å². The zero-order chi connectivity index (χ0) is 16.8. The molecule has 0 saturated heterocycles. The maximum absolute atomic E-state index is 12.2. The summed E-state index contributed by atoms with van der Waals surface area (Å²) in [6.45, 7) is 4.37. The van der Waals surface area contributed by atoms with Crippen LogP contribution in [0.3, 0.4) is 0 Å². The Morgan fingerprint density at radius 1 is 1.48 bits per heavy atom. The second-order valence-electron chi connectivity index (χ2n) is 4.53. The molecule has 2 amide bonds. The first-order valence-electron chi connectivity index (χ1n) is 6.89. The van der Waals surface area contributed by atoms with Crippen molar-refractivity contribution in [3.8, 4) is 5.75 Å².